The van der Waals surface area contributed by atoms with Crippen LogP contribution in [0.2, 0.25) is 0 Å². The van der Waals surface area contributed by atoms with Crippen molar-refractivity contribution in [3.8, 4) is 28.8 Å². The molecule has 8 nitrogen and oxygen atoms in total. The number of nitrogens with one attached hydrogen (secondary N) is 1. The summed E-state index contributed by atoms with van der Waals surface area (Å²) in [5.41, 5.74) is -0.352. The van der Waals surface area contributed by atoms with Crippen molar-refractivity contribution in [2.75, 3.05) is 27.4 Å². The fourth-order valence-corrected chi connectivity index (χ4v) is 2.44. The van der Waals surface area contributed by atoms with E-state index in [1.807, 2.05) is 0 Å². The van der Waals surface area contributed by atoms with Gasteiger partial charge in [0.05, 0.1) is 32.5 Å². The minimum Gasteiger partial charge on any atom is -0.497 e. The molecule has 26 heavy (non-hydrogen) atoms. The summed E-state index contributed by atoms with van der Waals surface area (Å²) in [6.45, 7) is -0.183. The Morgan fingerprint density at radius 1 is 1.19 bits per heavy atom. The molecule has 2 N–H and O–H groups in total. The number of fused-ring (bicyclic) bond motifs is 1. The Kier molecular flexibility index (Phi) is 4.99. The second-order valence-electron chi connectivity index (χ2n) is 5.21. The molecule has 0 saturated carbocycles. The van der Waals surface area contributed by atoms with Crippen LogP contribution in [0.25, 0.3) is 22.4 Å². The van der Waals surface area contributed by atoms with Crippen LogP contribution in [0.1, 0.15) is 0 Å². The SMILES string of the molecule is COc1cc(OC)c2c(=O)[nH]c(-c3ncc(OCCO)cc3F)nc2c1. The van der Waals surface area contributed by atoms with Crippen LogP contribution < -0.4 is 19.8 Å². The Bertz CT molecular complexity index is 1010. The van der Waals surface area contributed by atoms with Gasteiger partial charge in [-0.15, -0.1) is 0 Å². The highest BCUT2D eigenvalue weighted by molar-refractivity contribution is 5.87. The van der Waals surface area contributed by atoms with E-state index in [1.54, 1.807) is 12.1 Å². The third-order valence-electron chi connectivity index (χ3n) is 3.60. The number of pyridine rings is 1. The van der Waals surface area contributed by atoms with Gasteiger partial charge < -0.3 is 24.3 Å². The summed E-state index contributed by atoms with van der Waals surface area (Å²) in [7, 11) is 2.90. The number of aliphatic hydroxyl groups excluding tert-OH is 1. The van der Waals surface area contributed by atoms with E-state index in [0.717, 1.165) is 6.07 Å². The molecular weight excluding hydrogens is 345 g/mol. The largest absolute Gasteiger partial charge is 0.497 e. The molecule has 0 bridgehead atoms. The Balaban J connectivity index is 2.13. The summed E-state index contributed by atoms with van der Waals surface area (Å²) in [6, 6.07) is 4.21. The van der Waals surface area contributed by atoms with E-state index in [4.69, 9.17) is 19.3 Å². The average Bonchev–Trinajstić information content (AvgIpc) is 2.65. The molecule has 2 aromatic heterocycles. The highest BCUT2D eigenvalue weighted by Crippen LogP contribution is 2.29. The molecule has 9 heteroatoms. The molecule has 0 aliphatic heterocycles. The molecule has 136 valence electrons. The van der Waals surface area contributed by atoms with Crippen LogP contribution in [0.4, 0.5) is 4.39 Å². The summed E-state index contributed by atoms with van der Waals surface area (Å²) >= 11 is 0. The highest BCUT2D eigenvalue weighted by atomic mass is 19.1. The topological polar surface area (TPSA) is 107 Å². The minimum absolute atomic E-state index is 0.0190. The molecule has 3 rings (SSSR count). The second kappa shape index (κ2) is 7.36. The van der Waals surface area contributed by atoms with Crippen molar-refractivity contribution < 1.29 is 23.7 Å². The van der Waals surface area contributed by atoms with Crippen molar-refractivity contribution in [3.63, 3.8) is 0 Å². The van der Waals surface area contributed by atoms with Gasteiger partial charge in [0.25, 0.3) is 5.56 Å². The number of hydrogen-bond acceptors (Lipinski definition) is 7. The normalized spacial score (nSPS) is 10.8. The lowest BCUT2D eigenvalue weighted by molar-refractivity contribution is 0.200. The first kappa shape index (κ1) is 17.6. The Labute approximate surface area is 147 Å². The fraction of sp³-hybridized carbons (Fsp3) is 0.235. The predicted octanol–water partition coefficient (Wildman–Crippen LogP) is 1.51. The van der Waals surface area contributed by atoms with Crippen molar-refractivity contribution in [1.29, 1.82) is 0 Å². The zero-order chi connectivity index (χ0) is 18.7. The average molecular weight is 361 g/mol. The molecular formula is C17H16FN3O5. The van der Waals surface area contributed by atoms with Gasteiger partial charge in [-0.05, 0) is 0 Å². The molecule has 2 heterocycles. The first-order valence-electron chi connectivity index (χ1n) is 7.63. The number of hydrogen-bond donors (Lipinski definition) is 2. The van der Waals surface area contributed by atoms with E-state index < -0.39 is 11.4 Å². The first-order chi connectivity index (χ1) is 12.6. The number of methoxy groups -OCH3 is 2. The van der Waals surface area contributed by atoms with Crippen molar-refractivity contribution in [2.45, 2.75) is 0 Å². The molecule has 0 saturated heterocycles. The third-order valence-corrected chi connectivity index (χ3v) is 3.60. The van der Waals surface area contributed by atoms with Gasteiger partial charge >= 0.3 is 0 Å². The molecule has 3 aromatic rings. The summed E-state index contributed by atoms with van der Waals surface area (Å²) in [5.74, 6) is 0.133. The number of aromatic amines is 1. The standard InChI is InChI=1S/C17H16FN3O5/c1-24-9-6-12-14(13(7-9)25-2)17(23)21-16(20-12)15-11(18)5-10(8-19-15)26-4-3-22/h5-8,22H,3-4H2,1-2H3,(H,20,21,23). The number of H-pyrrole nitrogens is 1. The van der Waals surface area contributed by atoms with Gasteiger partial charge in [-0.2, -0.15) is 0 Å². The number of aromatic nitrogens is 3. The van der Waals surface area contributed by atoms with Crippen LogP contribution in [0.5, 0.6) is 17.2 Å². The molecule has 0 amide bonds. The van der Waals surface area contributed by atoms with Crippen LogP contribution in [-0.4, -0.2) is 47.5 Å². The molecule has 0 aliphatic rings. The number of rotatable bonds is 6. The predicted molar refractivity (Wildman–Crippen MR) is 91.2 cm³/mol. The quantitative estimate of drug-likeness (QED) is 0.685. The third kappa shape index (κ3) is 3.29. The van der Waals surface area contributed by atoms with E-state index in [9.17, 15) is 9.18 Å². The smallest absolute Gasteiger partial charge is 0.262 e. The number of ether oxygens (including phenoxy) is 3. The lowest BCUT2D eigenvalue weighted by Gasteiger charge is -2.10. The van der Waals surface area contributed by atoms with E-state index in [1.165, 1.54) is 20.4 Å². The highest BCUT2D eigenvalue weighted by Gasteiger charge is 2.16. The van der Waals surface area contributed by atoms with Gasteiger partial charge in [0, 0.05) is 18.2 Å². The van der Waals surface area contributed by atoms with Crippen LogP contribution in [0, 0.1) is 5.82 Å². The summed E-state index contributed by atoms with van der Waals surface area (Å²) in [5, 5.41) is 8.96. The van der Waals surface area contributed by atoms with Gasteiger partial charge in [0.15, 0.2) is 11.6 Å². The maximum Gasteiger partial charge on any atom is 0.262 e. The number of aliphatic hydroxyl groups is 1. The van der Waals surface area contributed by atoms with Gasteiger partial charge in [-0.3, -0.25) is 4.79 Å². The van der Waals surface area contributed by atoms with Gasteiger partial charge in [-0.1, -0.05) is 0 Å². The number of nitrogens with zero attached hydrogens (tertiary/aromatic N) is 2. The summed E-state index contributed by atoms with van der Waals surface area (Å²) in [4.78, 5) is 23.2. The van der Waals surface area contributed by atoms with Crippen LogP contribution in [0.3, 0.4) is 0 Å². The van der Waals surface area contributed by atoms with E-state index in [2.05, 4.69) is 15.0 Å². The van der Waals surface area contributed by atoms with Crippen LogP contribution in [-0.2, 0) is 0 Å². The van der Waals surface area contributed by atoms with Gasteiger partial charge in [0.2, 0.25) is 0 Å². The molecule has 1 aromatic carbocycles. The number of halogens is 1. The van der Waals surface area contributed by atoms with Crippen molar-refractivity contribution in [2.24, 2.45) is 0 Å². The molecule has 0 fully saturated rings. The lowest BCUT2D eigenvalue weighted by atomic mass is 10.2. The minimum atomic E-state index is -0.724. The lowest BCUT2D eigenvalue weighted by Crippen LogP contribution is -2.12. The van der Waals surface area contributed by atoms with Crippen molar-refractivity contribution in [3.05, 3.63) is 40.6 Å². The molecule has 0 radical (unpaired) electrons. The molecule has 0 unspecified atom stereocenters. The van der Waals surface area contributed by atoms with Crippen LogP contribution >= 0.6 is 0 Å². The molecule has 0 atom stereocenters. The van der Waals surface area contributed by atoms with Gasteiger partial charge in [-0.25, -0.2) is 14.4 Å². The Morgan fingerprint density at radius 2 is 2.00 bits per heavy atom. The molecule has 0 aliphatic carbocycles. The zero-order valence-electron chi connectivity index (χ0n) is 14.1. The van der Waals surface area contributed by atoms with Crippen molar-refractivity contribution in [1.82, 2.24) is 15.0 Å². The van der Waals surface area contributed by atoms with Crippen LogP contribution in [0.15, 0.2) is 29.2 Å². The second-order valence-corrected chi connectivity index (χ2v) is 5.21. The maximum atomic E-state index is 14.4. The van der Waals surface area contributed by atoms with E-state index in [-0.39, 0.29) is 41.4 Å². The van der Waals surface area contributed by atoms with E-state index in [0.29, 0.717) is 11.5 Å². The van der Waals surface area contributed by atoms with E-state index >= 15 is 0 Å². The zero-order valence-corrected chi connectivity index (χ0v) is 14.1. The van der Waals surface area contributed by atoms with Gasteiger partial charge in [0.1, 0.15) is 34.9 Å². The summed E-state index contributed by atoms with van der Waals surface area (Å²) < 4.78 is 29.8. The Hall–Kier alpha value is -3.20. The summed E-state index contributed by atoms with van der Waals surface area (Å²) in [6.07, 6.45) is 1.28. The van der Waals surface area contributed by atoms with Crippen molar-refractivity contribution >= 4 is 10.9 Å². The number of benzene rings is 1. The molecule has 0 spiro atoms. The first-order valence-corrected chi connectivity index (χ1v) is 7.63. The fourth-order valence-electron chi connectivity index (χ4n) is 2.44. The Morgan fingerprint density at radius 3 is 2.65 bits per heavy atom. The maximum absolute atomic E-state index is 14.4. The monoisotopic (exact) mass is 361 g/mol.